The summed E-state index contributed by atoms with van der Waals surface area (Å²) in [6.07, 6.45) is -4.54. The molecule has 1 heterocycles. The number of carbonyl (C=O) groups excluding carboxylic acids is 1. The highest BCUT2D eigenvalue weighted by Crippen LogP contribution is 2.34. The predicted molar refractivity (Wildman–Crippen MR) is 91.3 cm³/mol. The maximum Gasteiger partial charge on any atom is 0.416 e. The summed E-state index contributed by atoms with van der Waals surface area (Å²) < 4.78 is 38.3. The van der Waals surface area contributed by atoms with Gasteiger partial charge in [0.05, 0.1) is 21.5 Å². The average molecular weight is 392 g/mol. The van der Waals surface area contributed by atoms with Crippen LogP contribution in [-0.4, -0.2) is 21.1 Å². The minimum Gasteiger partial charge on any atom is -0.383 e. The van der Waals surface area contributed by atoms with E-state index in [2.05, 4.69) is 15.3 Å². The van der Waals surface area contributed by atoms with E-state index in [0.717, 1.165) is 30.0 Å². The van der Waals surface area contributed by atoms with Gasteiger partial charge in [0.1, 0.15) is 11.6 Å². The number of amides is 1. The topological polar surface area (TPSA) is 107 Å². The van der Waals surface area contributed by atoms with Gasteiger partial charge in [-0.05, 0) is 25.1 Å². The third kappa shape index (κ3) is 5.13. The maximum atomic E-state index is 12.8. The number of rotatable bonds is 4. The number of nitrogens with zero attached hydrogens (tertiary/aromatic N) is 2. The van der Waals surface area contributed by atoms with Crippen molar-refractivity contribution in [3.05, 3.63) is 34.9 Å². The van der Waals surface area contributed by atoms with E-state index in [4.69, 9.17) is 23.1 Å². The lowest BCUT2D eigenvalue weighted by Crippen LogP contribution is -2.23. The molecule has 1 aromatic heterocycles. The van der Waals surface area contributed by atoms with Gasteiger partial charge in [-0.2, -0.15) is 13.2 Å². The first-order valence-electron chi connectivity index (χ1n) is 6.80. The van der Waals surface area contributed by atoms with Crippen LogP contribution >= 0.6 is 23.4 Å². The zero-order valence-electron chi connectivity index (χ0n) is 12.8. The van der Waals surface area contributed by atoms with Gasteiger partial charge in [-0.15, -0.1) is 0 Å². The third-order valence-electron chi connectivity index (χ3n) is 2.95. The second kappa shape index (κ2) is 7.36. The standard InChI is InChI=1S/C14H13ClF3N5OS/c1-6(25-13-22-10(19)5-11(20)23-13)12(24)21-9-4-7(14(16,17)18)2-3-8(9)15/h2-6H,1H3,(H,21,24)(H4,19,20,22,23)/t6-/m0/s1. The Morgan fingerprint density at radius 2 is 1.84 bits per heavy atom. The number of anilines is 3. The monoisotopic (exact) mass is 391 g/mol. The molecule has 1 aromatic carbocycles. The molecular formula is C14H13ClF3N5OS. The van der Waals surface area contributed by atoms with Crippen LogP contribution in [0.2, 0.25) is 5.02 Å². The zero-order chi connectivity index (χ0) is 18.8. The van der Waals surface area contributed by atoms with Crippen molar-refractivity contribution >= 4 is 46.6 Å². The smallest absolute Gasteiger partial charge is 0.383 e. The van der Waals surface area contributed by atoms with Crippen LogP contribution in [0.1, 0.15) is 12.5 Å². The molecule has 0 radical (unpaired) electrons. The minimum atomic E-state index is -4.54. The third-order valence-corrected chi connectivity index (χ3v) is 4.24. The number of nitrogen functional groups attached to an aromatic ring is 2. The van der Waals surface area contributed by atoms with Crippen LogP contribution in [0.3, 0.4) is 0 Å². The fraction of sp³-hybridized carbons (Fsp3) is 0.214. The normalized spacial score (nSPS) is 12.7. The Morgan fingerprint density at radius 1 is 1.24 bits per heavy atom. The molecule has 2 rings (SSSR count). The molecular weight excluding hydrogens is 379 g/mol. The molecule has 2 aromatic rings. The molecule has 0 saturated carbocycles. The number of hydrogen-bond acceptors (Lipinski definition) is 6. The van der Waals surface area contributed by atoms with Crippen molar-refractivity contribution in [2.45, 2.75) is 23.5 Å². The largest absolute Gasteiger partial charge is 0.416 e. The van der Waals surface area contributed by atoms with Gasteiger partial charge >= 0.3 is 6.18 Å². The summed E-state index contributed by atoms with van der Waals surface area (Å²) in [5, 5.41) is 1.80. The van der Waals surface area contributed by atoms with Gasteiger partial charge < -0.3 is 16.8 Å². The van der Waals surface area contributed by atoms with Crippen LogP contribution < -0.4 is 16.8 Å². The lowest BCUT2D eigenvalue weighted by molar-refractivity contribution is -0.137. The van der Waals surface area contributed by atoms with E-state index in [0.29, 0.717) is 0 Å². The van der Waals surface area contributed by atoms with E-state index in [-0.39, 0.29) is 27.5 Å². The Hall–Kier alpha value is -2.20. The molecule has 6 nitrogen and oxygen atoms in total. The van der Waals surface area contributed by atoms with E-state index in [1.165, 1.54) is 13.0 Å². The van der Waals surface area contributed by atoms with E-state index in [1.54, 1.807) is 0 Å². The van der Waals surface area contributed by atoms with Crippen LogP contribution in [0, 0.1) is 0 Å². The number of alkyl halides is 3. The second-order valence-electron chi connectivity index (χ2n) is 4.94. The van der Waals surface area contributed by atoms with Gasteiger partial charge in [0.2, 0.25) is 5.91 Å². The van der Waals surface area contributed by atoms with Crippen molar-refractivity contribution in [3.63, 3.8) is 0 Å². The summed E-state index contributed by atoms with van der Waals surface area (Å²) in [5.41, 5.74) is 10.0. The molecule has 5 N–H and O–H groups in total. The number of nitrogens with two attached hydrogens (primary N) is 2. The van der Waals surface area contributed by atoms with E-state index >= 15 is 0 Å². The maximum absolute atomic E-state index is 12.8. The summed E-state index contributed by atoms with van der Waals surface area (Å²) in [6, 6.07) is 4.03. The summed E-state index contributed by atoms with van der Waals surface area (Å²) in [5.74, 6) is -0.289. The molecule has 0 spiro atoms. The van der Waals surface area contributed by atoms with Crippen LogP contribution in [0.15, 0.2) is 29.4 Å². The Morgan fingerprint density at radius 3 is 2.40 bits per heavy atom. The van der Waals surface area contributed by atoms with Crippen LogP contribution in [-0.2, 0) is 11.0 Å². The van der Waals surface area contributed by atoms with Gasteiger partial charge in [-0.3, -0.25) is 4.79 Å². The summed E-state index contributed by atoms with van der Waals surface area (Å²) in [6.45, 7) is 1.53. The van der Waals surface area contributed by atoms with Crippen LogP contribution in [0.4, 0.5) is 30.5 Å². The highest BCUT2D eigenvalue weighted by molar-refractivity contribution is 8.00. The van der Waals surface area contributed by atoms with Gasteiger partial charge in [0.25, 0.3) is 0 Å². The first-order chi connectivity index (χ1) is 11.6. The first-order valence-corrected chi connectivity index (χ1v) is 8.06. The Balaban J connectivity index is 2.13. The summed E-state index contributed by atoms with van der Waals surface area (Å²) >= 11 is 6.81. The number of hydrogen-bond donors (Lipinski definition) is 3. The van der Waals surface area contributed by atoms with Crippen molar-refractivity contribution in [2.75, 3.05) is 16.8 Å². The number of halogens is 4. The Labute approximate surface area is 150 Å². The SMILES string of the molecule is C[C@H](Sc1nc(N)cc(N)n1)C(=O)Nc1cc(C(F)(F)F)ccc1Cl. The molecule has 0 bridgehead atoms. The van der Waals surface area contributed by atoms with Gasteiger partial charge in [-0.1, -0.05) is 23.4 Å². The van der Waals surface area contributed by atoms with E-state index < -0.39 is 22.9 Å². The predicted octanol–water partition coefficient (Wildman–Crippen LogP) is 3.43. The zero-order valence-corrected chi connectivity index (χ0v) is 14.3. The fourth-order valence-electron chi connectivity index (χ4n) is 1.76. The Kier molecular flexibility index (Phi) is 5.63. The van der Waals surface area contributed by atoms with Crippen molar-refractivity contribution < 1.29 is 18.0 Å². The van der Waals surface area contributed by atoms with Crippen molar-refractivity contribution in [1.29, 1.82) is 0 Å². The second-order valence-corrected chi connectivity index (χ2v) is 6.66. The number of nitrogens with one attached hydrogen (secondary N) is 1. The highest BCUT2D eigenvalue weighted by atomic mass is 35.5. The molecule has 0 aliphatic rings. The lowest BCUT2D eigenvalue weighted by atomic mass is 10.2. The number of aromatic nitrogens is 2. The van der Waals surface area contributed by atoms with Crippen LogP contribution in [0.25, 0.3) is 0 Å². The molecule has 1 amide bonds. The molecule has 1 atom stereocenters. The molecule has 0 saturated heterocycles. The lowest BCUT2D eigenvalue weighted by Gasteiger charge is -2.14. The van der Waals surface area contributed by atoms with Gasteiger partial charge in [0, 0.05) is 6.07 Å². The molecule has 25 heavy (non-hydrogen) atoms. The number of carbonyl (C=O) groups is 1. The fourth-order valence-corrected chi connectivity index (χ4v) is 2.72. The van der Waals surface area contributed by atoms with Crippen molar-refractivity contribution in [3.8, 4) is 0 Å². The quantitative estimate of drug-likeness (QED) is 0.544. The highest BCUT2D eigenvalue weighted by Gasteiger charge is 2.31. The molecule has 0 fully saturated rings. The molecule has 0 unspecified atom stereocenters. The van der Waals surface area contributed by atoms with E-state index in [1.807, 2.05) is 0 Å². The first kappa shape index (κ1) is 19.1. The summed E-state index contributed by atoms with van der Waals surface area (Å²) in [4.78, 5) is 20.1. The molecule has 11 heteroatoms. The summed E-state index contributed by atoms with van der Waals surface area (Å²) in [7, 11) is 0. The van der Waals surface area contributed by atoms with Crippen molar-refractivity contribution in [1.82, 2.24) is 9.97 Å². The van der Waals surface area contributed by atoms with Gasteiger partial charge in [-0.25, -0.2) is 9.97 Å². The average Bonchev–Trinajstić information content (AvgIpc) is 2.47. The molecule has 134 valence electrons. The van der Waals surface area contributed by atoms with Gasteiger partial charge in [0.15, 0.2) is 5.16 Å². The van der Waals surface area contributed by atoms with Crippen molar-refractivity contribution in [2.24, 2.45) is 0 Å². The number of thioether (sulfide) groups is 1. The Bertz CT molecular complexity index is 782. The molecule has 0 aliphatic heterocycles. The van der Waals surface area contributed by atoms with Crippen LogP contribution in [0.5, 0.6) is 0 Å². The van der Waals surface area contributed by atoms with E-state index in [9.17, 15) is 18.0 Å². The minimum absolute atomic E-state index is 0.0111. The number of benzene rings is 1. The molecule has 0 aliphatic carbocycles.